The quantitative estimate of drug-likeness (QED) is 0.683. The first-order chi connectivity index (χ1) is 8.20. The van der Waals surface area contributed by atoms with Crippen molar-refractivity contribution in [2.75, 3.05) is 6.61 Å². The van der Waals surface area contributed by atoms with E-state index in [1.165, 1.54) is 6.07 Å². The first kappa shape index (κ1) is 13.7. The average Bonchev–Trinajstić information content (AvgIpc) is 2.33. The van der Waals surface area contributed by atoms with E-state index in [0.29, 0.717) is 24.3 Å². The summed E-state index contributed by atoms with van der Waals surface area (Å²) in [5, 5.41) is 23.1. The van der Waals surface area contributed by atoms with E-state index in [4.69, 9.17) is 4.74 Å². The minimum atomic E-state index is -0.432. The second-order valence-corrected chi connectivity index (χ2v) is 4.18. The number of hydrogen-bond donors (Lipinski definition) is 0. The molecule has 96 valence electrons. The Bertz CT molecular complexity index is 348. The van der Waals surface area contributed by atoms with Crippen LogP contribution in [0.4, 0.5) is 0 Å². The highest BCUT2D eigenvalue weighted by atomic mass is 16.5. The van der Waals surface area contributed by atoms with E-state index in [1.807, 2.05) is 0 Å². The lowest BCUT2D eigenvalue weighted by Crippen LogP contribution is -2.07. The fourth-order valence-electron chi connectivity index (χ4n) is 1.64. The van der Waals surface area contributed by atoms with E-state index in [9.17, 15) is 10.2 Å². The molecule has 1 rings (SSSR count). The second kappa shape index (κ2) is 7.05. The highest BCUT2D eigenvalue weighted by Gasteiger charge is 2.04. The van der Waals surface area contributed by atoms with Crippen LogP contribution in [-0.2, 0) is 6.42 Å². The molecule has 0 saturated heterocycles. The maximum atomic E-state index is 11.7. The minimum absolute atomic E-state index is 0.396. The molecule has 0 amide bonds. The smallest absolute Gasteiger partial charge is 0.121 e. The van der Waals surface area contributed by atoms with Gasteiger partial charge in [-0.3, -0.25) is 0 Å². The Hall–Kier alpha value is -1.38. The maximum Gasteiger partial charge on any atom is 0.121 e. The van der Waals surface area contributed by atoms with Crippen molar-refractivity contribution >= 4 is 0 Å². The Morgan fingerprint density at radius 3 is 2.41 bits per heavy atom. The van der Waals surface area contributed by atoms with Gasteiger partial charge in [0.1, 0.15) is 5.75 Å². The molecule has 0 fully saturated rings. The van der Waals surface area contributed by atoms with E-state index in [2.05, 4.69) is 13.8 Å². The van der Waals surface area contributed by atoms with Crippen molar-refractivity contribution in [3.63, 3.8) is 0 Å². The van der Waals surface area contributed by atoms with Crippen molar-refractivity contribution in [1.29, 1.82) is 0 Å². The van der Waals surface area contributed by atoms with Gasteiger partial charge in [0.2, 0.25) is 0 Å². The number of benzene rings is 1. The Labute approximate surface area is 103 Å². The summed E-state index contributed by atoms with van der Waals surface area (Å²) >= 11 is 0. The number of ether oxygens (including phenoxy) is 1. The van der Waals surface area contributed by atoms with Gasteiger partial charge in [-0.05, 0) is 30.9 Å². The van der Waals surface area contributed by atoms with Gasteiger partial charge in [0.05, 0.1) is 6.61 Å². The summed E-state index contributed by atoms with van der Waals surface area (Å²) in [5.74, 6) is -0.233. The first-order valence-corrected chi connectivity index (χ1v) is 6.33. The average molecular weight is 236 g/mol. The van der Waals surface area contributed by atoms with E-state index >= 15 is 0 Å². The molecule has 0 N–H and O–H groups in total. The predicted octanol–water partition coefficient (Wildman–Crippen LogP) is 2.36. The van der Waals surface area contributed by atoms with Gasteiger partial charge in [0, 0.05) is 0 Å². The van der Waals surface area contributed by atoms with Crippen LogP contribution in [-0.4, -0.2) is 6.61 Å². The maximum absolute atomic E-state index is 11.7. The Balaban J connectivity index is 2.82. The molecule has 0 unspecified atom stereocenters. The Morgan fingerprint density at radius 2 is 1.76 bits per heavy atom. The molecule has 0 aromatic heterocycles. The van der Waals surface area contributed by atoms with Crippen LogP contribution in [0.3, 0.4) is 0 Å². The van der Waals surface area contributed by atoms with Crippen LogP contribution in [0, 0.1) is 0 Å². The fourth-order valence-corrected chi connectivity index (χ4v) is 1.64. The summed E-state index contributed by atoms with van der Waals surface area (Å²) in [6, 6.07) is 2.93. The molecular formula is C14H20O3-2. The number of unbranched alkanes of at least 4 members (excludes halogenated alkanes) is 2. The summed E-state index contributed by atoms with van der Waals surface area (Å²) in [6.07, 6.45) is 4.54. The lowest BCUT2D eigenvalue weighted by molar-refractivity contribution is -0.318. The third-order valence-corrected chi connectivity index (χ3v) is 2.72. The summed E-state index contributed by atoms with van der Waals surface area (Å²) in [5.41, 5.74) is 0.551. The van der Waals surface area contributed by atoms with E-state index in [0.717, 1.165) is 25.7 Å². The van der Waals surface area contributed by atoms with Crippen molar-refractivity contribution in [2.24, 2.45) is 0 Å². The van der Waals surface area contributed by atoms with Gasteiger partial charge in [-0.25, -0.2) is 0 Å². The van der Waals surface area contributed by atoms with E-state index in [1.54, 1.807) is 6.07 Å². The monoisotopic (exact) mass is 236 g/mol. The molecule has 0 bridgehead atoms. The molecule has 3 heteroatoms. The molecule has 17 heavy (non-hydrogen) atoms. The van der Waals surface area contributed by atoms with Gasteiger partial charge in [-0.1, -0.05) is 32.8 Å². The van der Waals surface area contributed by atoms with Gasteiger partial charge in [-0.2, -0.15) is 0 Å². The van der Waals surface area contributed by atoms with E-state index < -0.39 is 11.5 Å². The lowest BCUT2D eigenvalue weighted by atomic mass is 10.1. The van der Waals surface area contributed by atoms with Crippen LogP contribution in [0.2, 0.25) is 0 Å². The van der Waals surface area contributed by atoms with Crippen LogP contribution < -0.4 is 14.9 Å². The summed E-state index contributed by atoms with van der Waals surface area (Å²) in [4.78, 5) is 0. The molecule has 0 aliphatic heterocycles. The third-order valence-electron chi connectivity index (χ3n) is 2.72. The predicted molar refractivity (Wildman–Crippen MR) is 64.3 cm³/mol. The van der Waals surface area contributed by atoms with Gasteiger partial charge in [-0.15, -0.1) is 11.5 Å². The van der Waals surface area contributed by atoms with Gasteiger partial charge in [0.25, 0.3) is 0 Å². The number of hydrogen-bond acceptors (Lipinski definition) is 3. The zero-order chi connectivity index (χ0) is 12.7. The summed E-state index contributed by atoms with van der Waals surface area (Å²) in [6.45, 7) is 4.75. The van der Waals surface area contributed by atoms with Gasteiger partial charge in [0.15, 0.2) is 0 Å². The first-order valence-electron chi connectivity index (χ1n) is 6.33. The van der Waals surface area contributed by atoms with Crippen LogP contribution in [0.15, 0.2) is 12.1 Å². The van der Waals surface area contributed by atoms with Crippen LogP contribution in [0.1, 0.15) is 45.1 Å². The van der Waals surface area contributed by atoms with Crippen LogP contribution in [0.25, 0.3) is 0 Å². The molecule has 0 heterocycles. The van der Waals surface area contributed by atoms with Crippen molar-refractivity contribution in [3.05, 3.63) is 17.7 Å². The fraction of sp³-hybridized carbons (Fsp3) is 0.571. The van der Waals surface area contributed by atoms with Crippen molar-refractivity contribution in [3.8, 4) is 17.2 Å². The Morgan fingerprint density at radius 1 is 1.06 bits per heavy atom. The Kier molecular flexibility index (Phi) is 5.67. The molecular weight excluding hydrogens is 216 g/mol. The van der Waals surface area contributed by atoms with Crippen molar-refractivity contribution in [1.82, 2.24) is 0 Å². The molecule has 0 aliphatic carbocycles. The zero-order valence-electron chi connectivity index (χ0n) is 10.6. The van der Waals surface area contributed by atoms with Gasteiger partial charge >= 0.3 is 0 Å². The normalized spacial score (nSPS) is 10.5. The molecule has 0 spiro atoms. The molecule has 3 nitrogen and oxygen atoms in total. The molecule has 0 radical (unpaired) electrons. The summed E-state index contributed by atoms with van der Waals surface area (Å²) < 4.78 is 5.57. The molecule has 0 atom stereocenters. The highest BCUT2D eigenvalue weighted by molar-refractivity contribution is 5.51. The lowest BCUT2D eigenvalue weighted by Gasteiger charge is -2.25. The summed E-state index contributed by atoms with van der Waals surface area (Å²) in [7, 11) is 0. The van der Waals surface area contributed by atoms with Crippen molar-refractivity contribution < 1.29 is 14.9 Å². The van der Waals surface area contributed by atoms with Crippen molar-refractivity contribution in [2.45, 2.75) is 46.0 Å². The third kappa shape index (κ3) is 3.84. The largest absolute Gasteiger partial charge is 0.873 e. The van der Waals surface area contributed by atoms with Gasteiger partial charge < -0.3 is 14.9 Å². The van der Waals surface area contributed by atoms with Crippen LogP contribution in [0.5, 0.6) is 17.2 Å². The minimum Gasteiger partial charge on any atom is -0.873 e. The standard InChI is InChI=1S/C14H22O3/c1-3-5-7-11-13(17-10-6-4-2)9-8-12(15)14(11)16/h8-9,15-16H,3-7,10H2,1-2H3/p-2. The SMILES string of the molecule is CCCCOc1ccc([O-])c([O-])c1CCCC. The zero-order valence-corrected chi connectivity index (χ0v) is 10.6. The van der Waals surface area contributed by atoms with E-state index in [-0.39, 0.29) is 0 Å². The van der Waals surface area contributed by atoms with Crippen LogP contribution >= 0.6 is 0 Å². The number of rotatable bonds is 7. The highest BCUT2D eigenvalue weighted by Crippen LogP contribution is 2.33. The topological polar surface area (TPSA) is 55.3 Å². The molecule has 1 aromatic carbocycles. The second-order valence-electron chi connectivity index (χ2n) is 4.18. The molecule has 0 saturated carbocycles. The molecule has 0 aliphatic rings. The molecule has 1 aromatic rings.